The maximum Gasteiger partial charge on any atom is 0.157 e. The highest BCUT2D eigenvalue weighted by Crippen LogP contribution is 2.29. The number of pyridine rings is 1. The van der Waals surface area contributed by atoms with Gasteiger partial charge in [0.1, 0.15) is 11.3 Å². The van der Waals surface area contributed by atoms with Crippen LogP contribution in [0.4, 0.5) is 0 Å². The number of hydrogen-bond acceptors (Lipinski definition) is 2. The zero-order chi connectivity index (χ0) is 15.8. The molecule has 23 heavy (non-hydrogen) atoms. The third-order valence-electron chi connectivity index (χ3n) is 4.20. The molecule has 0 aliphatic carbocycles. The van der Waals surface area contributed by atoms with E-state index in [1.54, 1.807) is 0 Å². The topological polar surface area (TPSA) is 30.7 Å². The fourth-order valence-electron chi connectivity index (χ4n) is 3.07. The van der Waals surface area contributed by atoms with Gasteiger partial charge in [0.05, 0.1) is 11.0 Å². The first-order valence-corrected chi connectivity index (χ1v) is 8.07. The van der Waals surface area contributed by atoms with Crippen LogP contribution in [0.2, 0.25) is 5.15 Å². The van der Waals surface area contributed by atoms with Gasteiger partial charge in [-0.25, -0.2) is 9.97 Å². The molecule has 2 heterocycles. The number of rotatable bonds is 3. The van der Waals surface area contributed by atoms with Crippen molar-refractivity contribution in [2.75, 3.05) is 0 Å². The Kier molecular flexibility index (Phi) is 3.50. The van der Waals surface area contributed by atoms with Gasteiger partial charge in [-0.05, 0) is 25.0 Å². The van der Waals surface area contributed by atoms with Gasteiger partial charge in [0.25, 0.3) is 0 Å². The van der Waals surface area contributed by atoms with Crippen LogP contribution in [0, 0.1) is 6.92 Å². The number of nitrogens with zero attached hydrogens (tertiary/aromatic N) is 3. The minimum absolute atomic E-state index is 0.472. The van der Waals surface area contributed by atoms with Gasteiger partial charge < -0.3 is 4.57 Å². The van der Waals surface area contributed by atoms with Crippen molar-refractivity contribution in [3.8, 4) is 0 Å². The smallest absolute Gasteiger partial charge is 0.157 e. The van der Waals surface area contributed by atoms with Crippen molar-refractivity contribution < 1.29 is 0 Å². The van der Waals surface area contributed by atoms with Crippen LogP contribution in [-0.2, 0) is 13.0 Å². The Labute approximate surface area is 139 Å². The second kappa shape index (κ2) is 5.67. The molecule has 0 saturated heterocycles. The molecular formula is C19H16ClN3. The maximum atomic E-state index is 6.35. The third kappa shape index (κ3) is 2.47. The molecule has 0 atom stereocenters. The third-order valence-corrected chi connectivity index (χ3v) is 4.46. The van der Waals surface area contributed by atoms with Crippen LogP contribution < -0.4 is 0 Å². The van der Waals surface area contributed by atoms with E-state index in [0.29, 0.717) is 5.15 Å². The van der Waals surface area contributed by atoms with Gasteiger partial charge in [0.15, 0.2) is 5.15 Å². The molecule has 0 aliphatic rings. The summed E-state index contributed by atoms with van der Waals surface area (Å²) in [5.74, 6) is 0.969. The van der Waals surface area contributed by atoms with Crippen molar-refractivity contribution in [3.05, 3.63) is 71.1 Å². The predicted molar refractivity (Wildman–Crippen MR) is 94.9 cm³/mol. The number of halogens is 1. The van der Waals surface area contributed by atoms with Crippen molar-refractivity contribution in [2.24, 2.45) is 0 Å². The summed E-state index contributed by atoms with van der Waals surface area (Å²) in [7, 11) is 0. The minimum Gasteiger partial charge on any atom is -0.327 e. The Morgan fingerprint density at radius 3 is 2.52 bits per heavy atom. The van der Waals surface area contributed by atoms with Crippen LogP contribution in [0.1, 0.15) is 11.4 Å². The lowest BCUT2D eigenvalue weighted by Gasteiger charge is -2.09. The van der Waals surface area contributed by atoms with Crippen molar-refractivity contribution in [1.29, 1.82) is 0 Å². The Bertz CT molecular complexity index is 990. The SMILES string of the molecule is Cc1nc2c(Cl)nc3ccccc3c2n1CCc1ccccc1. The number of benzene rings is 2. The van der Waals surface area contributed by atoms with Gasteiger partial charge in [0.2, 0.25) is 0 Å². The highest BCUT2D eigenvalue weighted by Gasteiger charge is 2.15. The Morgan fingerprint density at radius 2 is 1.70 bits per heavy atom. The van der Waals surface area contributed by atoms with Gasteiger partial charge >= 0.3 is 0 Å². The molecule has 4 heteroatoms. The monoisotopic (exact) mass is 321 g/mol. The quantitative estimate of drug-likeness (QED) is 0.508. The summed E-state index contributed by atoms with van der Waals surface area (Å²) in [6, 6.07) is 18.6. The van der Waals surface area contributed by atoms with Crippen LogP contribution in [0.3, 0.4) is 0 Å². The molecule has 0 amide bonds. The van der Waals surface area contributed by atoms with Crippen molar-refractivity contribution in [1.82, 2.24) is 14.5 Å². The van der Waals surface area contributed by atoms with Gasteiger partial charge in [0, 0.05) is 11.9 Å². The van der Waals surface area contributed by atoms with E-state index in [1.807, 2.05) is 31.2 Å². The molecular weight excluding hydrogens is 306 g/mol. The van der Waals surface area contributed by atoms with Crippen molar-refractivity contribution in [2.45, 2.75) is 19.9 Å². The zero-order valence-corrected chi connectivity index (χ0v) is 13.6. The Balaban J connectivity index is 1.87. The predicted octanol–water partition coefficient (Wildman–Crippen LogP) is 4.79. The average molecular weight is 322 g/mol. The number of hydrogen-bond donors (Lipinski definition) is 0. The summed E-state index contributed by atoms with van der Waals surface area (Å²) in [6.45, 7) is 2.90. The lowest BCUT2D eigenvalue weighted by atomic mass is 10.1. The second-order valence-electron chi connectivity index (χ2n) is 5.66. The largest absolute Gasteiger partial charge is 0.327 e. The Morgan fingerprint density at radius 1 is 0.957 bits per heavy atom. The van der Waals surface area contributed by atoms with Crippen molar-refractivity contribution >= 4 is 33.5 Å². The lowest BCUT2D eigenvalue weighted by molar-refractivity contribution is 0.693. The van der Waals surface area contributed by atoms with E-state index in [-0.39, 0.29) is 0 Å². The van der Waals surface area contributed by atoms with Gasteiger partial charge in [-0.15, -0.1) is 0 Å². The van der Waals surface area contributed by atoms with Gasteiger partial charge in [-0.3, -0.25) is 0 Å². The highest BCUT2D eigenvalue weighted by atomic mass is 35.5. The van der Waals surface area contributed by atoms with Crippen LogP contribution in [-0.4, -0.2) is 14.5 Å². The summed E-state index contributed by atoms with van der Waals surface area (Å²) in [5, 5.41) is 1.57. The van der Waals surface area contributed by atoms with E-state index in [0.717, 1.165) is 40.7 Å². The number of fused-ring (bicyclic) bond motifs is 3. The molecule has 0 saturated carbocycles. The summed E-state index contributed by atoms with van der Waals surface area (Å²) in [4.78, 5) is 9.11. The second-order valence-corrected chi connectivity index (χ2v) is 6.02. The van der Waals surface area contributed by atoms with Gasteiger partial charge in [-0.2, -0.15) is 0 Å². The molecule has 0 fully saturated rings. The van der Waals surface area contributed by atoms with Crippen LogP contribution in [0.15, 0.2) is 54.6 Å². The first kappa shape index (κ1) is 14.2. The maximum absolute atomic E-state index is 6.35. The summed E-state index contributed by atoms with van der Waals surface area (Å²) >= 11 is 6.35. The Hall–Kier alpha value is -2.39. The molecule has 0 aliphatic heterocycles. The van der Waals surface area contributed by atoms with Crippen LogP contribution in [0.25, 0.3) is 21.9 Å². The molecule has 2 aromatic heterocycles. The molecule has 0 bridgehead atoms. The van der Waals surface area contributed by atoms with Crippen LogP contribution >= 0.6 is 11.6 Å². The van der Waals surface area contributed by atoms with E-state index < -0.39 is 0 Å². The molecule has 4 rings (SSSR count). The number of para-hydroxylation sites is 1. The van der Waals surface area contributed by atoms with E-state index >= 15 is 0 Å². The van der Waals surface area contributed by atoms with E-state index in [4.69, 9.17) is 11.6 Å². The number of imidazole rings is 1. The molecule has 3 nitrogen and oxygen atoms in total. The van der Waals surface area contributed by atoms with Gasteiger partial charge in [-0.1, -0.05) is 60.1 Å². The summed E-state index contributed by atoms with van der Waals surface area (Å²) in [5.41, 5.74) is 4.09. The fraction of sp³-hybridized carbons (Fsp3) is 0.158. The normalized spacial score (nSPS) is 11.4. The first-order chi connectivity index (χ1) is 11.2. The minimum atomic E-state index is 0.472. The molecule has 2 aromatic carbocycles. The first-order valence-electron chi connectivity index (χ1n) is 7.69. The van der Waals surface area contributed by atoms with Crippen molar-refractivity contribution in [3.63, 3.8) is 0 Å². The molecule has 0 N–H and O–H groups in total. The zero-order valence-electron chi connectivity index (χ0n) is 12.8. The molecule has 0 spiro atoms. The number of aromatic nitrogens is 3. The van der Waals surface area contributed by atoms with E-state index in [1.165, 1.54) is 5.56 Å². The highest BCUT2D eigenvalue weighted by molar-refractivity contribution is 6.35. The molecule has 114 valence electrons. The number of aryl methyl sites for hydroxylation is 3. The summed E-state index contributed by atoms with van der Waals surface area (Å²) < 4.78 is 2.25. The fourth-order valence-corrected chi connectivity index (χ4v) is 3.29. The molecule has 0 radical (unpaired) electrons. The average Bonchev–Trinajstić information content (AvgIpc) is 2.91. The molecule has 4 aromatic rings. The molecule has 0 unspecified atom stereocenters. The standard InChI is InChI=1S/C19H16ClN3/c1-13-21-17-18(15-9-5-6-10-16(15)22-19(17)20)23(13)12-11-14-7-3-2-4-8-14/h2-10H,11-12H2,1H3. The van der Waals surface area contributed by atoms with E-state index in [2.05, 4.69) is 44.9 Å². The lowest BCUT2D eigenvalue weighted by Crippen LogP contribution is -2.04. The van der Waals surface area contributed by atoms with E-state index in [9.17, 15) is 0 Å². The van der Waals surface area contributed by atoms with Crippen LogP contribution in [0.5, 0.6) is 0 Å². The summed E-state index contributed by atoms with van der Waals surface area (Å²) in [6.07, 6.45) is 0.960.